The van der Waals surface area contributed by atoms with Crippen LogP contribution in [0.4, 0.5) is 5.69 Å². The van der Waals surface area contributed by atoms with Crippen LogP contribution in [0.2, 0.25) is 0 Å². The first-order valence-electron chi connectivity index (χ1n) is 6.67. The Morgan fingerprint density at radius 1 is 1.26 bits per heavy atom. The fourth-order valence-corrected chi connectivity index (χ4v) is 1.84. The normalized spacial score (nSPS) is 10.2. The molecule has 0 saturated carbocycles. The first-order valence-corrected chi connectivity index (χ1v) is 6.67. The van der Waals surface area contributed by atoms with Crippen LogP contribution in [-0.2, 0) is 0 Å². The average molecular weight is 308 g/mol. The van der Waals surface area contributed by atoms with Gasteiger partial charge in [0.25, 0.3) is 5.69 Å². The number of hydrogen-bond donors (Lipinski definition) is 0. The molecule has 0 bridgehead atoms. The molecular weight excluding hydrogens is 296 g/mol. The summed E-state index contributed by atoms with van der Waals surface area (Å²) < 4.78 is 5.10. The van der Waals surface area contributed by atoms with Crippen LogP contribution in [0.25, 0.3) is 6.08 Å². The van der Waals surface area contributed by atoms with E-state index in [1.807, 2.05) is 6.07 Å². The number of ketones is 1. The van der Waals surface area contributed by atoms with E-state index in [1.54, 1.807) is 36.4 Å². The fourth-order valence-electron chi connectivity index (χ4n) is 1.84. The molecule has 0 aliphatic rings. The number of non-ortho nitro benzene ring substituents is 1. The third kappa shape index (κ3) is 4.51. The number of nitro groups is 1. The molecule has 0 N–H and O–H groups in total. The van der Waals surface area contributed by atoms with E-state index < -0.39 is 4.92 Å². The van der Waals surface area contributed by atoms with Crippen molar-refractivity contribution in [3.05, 3.63) is 75.8 Å². The zero-order chi connectivity index (χ0) is 16.7. The Labute approximate surface area is 132 Å². The Hall–Kier alpha value is -3.46. The summed E-state index contributed by atoms with van der Waals surface area (Å²) in [6, 6.07) is 14.3. The Bertz CT molecular complexity index is 789. The highest BCUT2D eigenvalue weighted by molar-refractivity contribution is 6.06. The van der Waals surface area contributed by atoms with Crippen molar-refractivity contribution in [2.75, 3.05) is 6.61 Å². The Morgan fingerprint density at radius 3 is 2.65 bits per heavy atom. The molecule has 23 heavy (non-hydrogen) atoms. The van der Waals surface area contributed by atoms with Gasteiger partial charge in [0, 0.05) is 17.7 Å². The molecule has 0 radical (unpaired) electrons. The minimum Gasteiger partial charge on any atom is -0.479 e. The summed E-state index contributed by atoms with van der Waals surface area (Å²) in [7, 11) is 0. The van der Waals surface area contributed by atoms with Crippen molar-refractivity contribution in [2.24, 2.45) is 0 Å². The summed E-state index contributed by atoms with van der Waals surface area (Å²) in [5, 5.41) is 19.1. The predicted octanol–water partition coefficient (Wildman–Crippen LogP) is 3.39. The average Bonchev–Trinajstić information content (AvgIpc) is 2.58. The van der Waals surface area contributed by atoms with Gasteiger partial charge in [-0.2, -0.15) is 5.26 Å². The van der Waals surface area contributed by atoms with Gasteiger partial charge in [-0.1, -0.05) is 18.2 Å². The molecule has 114 valence electrons. The summed E-state index contributed by atoms with van der Waals surface area (Å²) in [4.78, 5) is 22.3. The maximum atomic E-state index is 12.0. The van der Waals surface area contributed by atoms with E-state index in [1.165, 1.54) is 24.3 Å². The van der Waals surface area contributed by atoms with Gasteiger partial charge < -0.3 is 4.74 Å². The molecule has 0 aliphatic carbocycles. The molecule has 0 aromatic heterocycles. The van der Waals surface area contributed by atoms with E-state index in [0.29, 0.717) is 16.9 Å². The minimum absolute atomic E-state index is 0.0291. The maximum Gasteiger partial charge on any atom is 0.270 e. The number of nitro benzene ring substituents is 1. The van der Waals surface area contributed by atoms with Gasteiger partial charge in [0.05, 0.1) is 4.92 Å². The first-order chi connectivity index (χ1) is 11.1. The molecule has 0 unspecified atom stereocenters. The van der Waals surface area contributed by atoms with E-state index in [0.717, 1.165) is 0 Å². The number of nitrogens with zero attached hydrogens (tertiary/aromatic N) is 2. The predicted molar refractivity (Wildman–Crippen MR) is 84.0 cm³/mol. The first kappa shape index (κ1) is 15.9. The SMILES string of the molecule is N#CCOc1ccc(C(=O)/C=C/c2cccc([N+](=O)[O-])c2)cc1. The number of carbonyl (C=O) groups is 1. The summed E-state index contributed by atoms with van der Waals surface area (Å²) in [6.45, 7) is -0.0556. The van der Waals surface area contributed by atoms with Crippen molar-refractivity contribution >= 4 is 17.5 Å². The monoisotopic (exact) mass is 308 g/mol. The van der Waals surface area contributed by atoms with Gasteiger partial charge in [-0.15, -0.1) is 0 Å². The van der Waals surface area contributed by atoms with E-state index >= 15 is 0 Å². The Balaban J connectivity index is 2.08. The molecule has 0 aliphatic heterocycles. The van der Waals surface area contributed by atoms with E-state index in [-0.39, 0.29) is 18.1 Å². The van der Waals surface area contributed by atoms with Gasteiger partial charge in [-0.3, -0.25) is 14.9 Å². The van der Waals surface area contributed by atoms with E-state index in [2.05, 4.69) is 0 Å². The lowest BCUT2D eigenvalue weighted by Gasteiger charge is -2.01. The van der Waals surface area contributed by atoms with Crippen molar-refractivity contribution in [1.29, 1.82) is 5.26 Å². The maximum absolute atomic E-state index is 12.0. The van der Waals surface area contributed by atoms with Crippen molar-refractivity contribution in [1.82, 2.24) is 0 Å². The van der Waals surface area contributed by atoms with Crippen molar-refractivity contribution < 1.29 is 14.5 Å². The Kier molecular flexibility index (Phi) is 5.21. The highest BCUT2D eigenvalue weighted by Gasteiger charge is 2.05. The lowest BCUT2D eigenvalue weighted by molar-refractivity contribution is -0.384. The molecule has 6 heteroatoms. The highest BCUT2D eigenvalue weighted by Crippen LogP contribution is 2.16. The van der Waals surface area contributed by atoms with Crippen LogP contribution in [0.15, 0.2) is 54.6 Å². The number of carbonyl (C=O) groups excluding carboxylic acids is 1. The van der Waals surface area contributed by atoms with Gasteiger partial charge in [-0.05, 0) is 35.9 Å². The number of rotatable bonds is 6. The molecule has 0 amide bonds. The number of allylic oxidation sites excluding steroid dienone is 1. The van der Waals surface area contributed by atoms with Crippen molar-refractivity contribution in [3.8, 4) is 11.8 Å². The number of hydrogen-bond acceptors (Lipinski definition) is 5. The van der Waals surface area contributed by atoms with Gasteiger partial charge in [0.1, 0.15) is 11.8 Å². The summed E-state index contributed by atoms with van der Waals surface area (Å²) in [5.41, 5.74) is 0.996. The second-order valence-electron chi connectivity index (χ2n) is 4.52. The zero-order valence-electron chi connectivity index (χ0n) is 12.0. The second kappa shape index (κ2) is 7.52. The highest BCUT2D eigenvalue weighted by atomic mass is 16.6. The lowest BCUT2D eigenvalue weighted by atomic mass is 10.1. The molecule has 0 fully saturated rings. The minimum atomic E-state index is -0.487. The smallest absolute Gasteiger partial charge is 0.270 e. The summed E-state index contributed by atoms with van der Waals surface area (Å²) >= 11 is 0. The molecular formula is C17H12N2O4. The molecule has 2 aromatic carbocycles. The second-order valence-corrected chi connectivity index (χ2v) is 4.52. The molecule has 0 saturated heterocycles. The van der Waals surface area contributed by atoms with Crippen LogP contribution in [-0.4, -0.2) is 17.3 Å². The molecule has 2 rings (SSSR count). The van der Waals surface area contributed by atoms with E-state index in [4.69, 9.17) is 10.00 Å². The van der Waals surface area contributed by atoms with Gasteiger partial charge >= 0.3 is 0 Å². The lowest BCUT2D eigenvalue weighted by Crippen LogP contribution is -1.96. The van der Waals surface area contributed by atoms with Crippen LogP contribution in [0.1, 0.15) is 15.9 Å². The summed E-state index contributed by atoms with van der Waals surface area (Å²) in [6.07, 6.45) is 2.87. The van der Waals surface area contributed by atoms with Crippen LogP contribution in [0, 0.1) is 21.4 Å². The van der Waals surface area contributed by atoms with Crippen LogP contribution in [0.5, 0.6) is 5.75 Å². The molecule has 0 atom stereocenters. The quantitative estimate of drug-likeness (QED) is 0.353. The third-order valence-electron chi connectivity index (χ3n) is 2.95. The van der Waals surface area contributed by atoms with Gasteiger partial charge in [0.2, 0.25) is 0 Å². The third-order valence-corrected chi connectivity index (χ3v) is 2.95. The molecule has 0 heterocycles. The summed E-state index contributed by atoms with van der Waals surface area (Å²) in [5.74, 6) is 0.272. The topological polar surface area (TPSA) is 93.2 Å². The standard InChI is InChI=1S/C17H12N2O4/c18-10-11-23-16-7-5-14(6-8-16)17(20)9-4-13-2-1-3-15(12-13)19(21)22/h1-9,12H,11H2/b9-4+. The molecule has 0 spiro atoms. The van der Waals surface area contributed by atoms with Crippen molar-refractivity contribution in [2.45, 2.75) is 0 Å². The van der Waals surface area contributed by atoms with E-state index in [9.17, 15) is 14.9 Å². The van der Waals surface area contributed by atoms with Crippen LogP contribution >= 0.6 is 0 Å². The Morgan fingerprint density at radius 2 is 2.00 bits per heavy atom. The largest absolute Gasteiger partial charge is 0.479 e. The van der Waals surface area contributed by atoms with Gasteiger partial charge in [-0.25, -0.2) is 0 Å². The zero-order valence-corrected chi connectivity index (χ0v) is 12.0. The molecule has 2 aromatic rings. The van der Waals surface area contributed by atoms with Gasteiger partial charge in [0.15, 0.2) is 12.4 Å². The number of ether oxygens (including phenoxy) is 1. The van der Waals surface area contributed by atoms with Crippen LogP contribution in [0.3, 0.4) is 0 Å². The van der Waals surface area contributed by atoms with Crippen molar-refractivity contribution in [3.63, 3.8) is 0 Å². The molecule has 6 nitrogen and oxygen atoms in total. The number of benzene rings is 2. The van der Waals surface area contributed by atoms with Crippen LogP contribution < -0.4 is 4.74 Å². The fraction of sp³-hybridized carbons (Fsp3) is 0.0588. The number of nitriles is 1.